The summed E-state index contributed by atoms with van der Waals surface area (Å²) in [6, 6.07) is 3.07. The summed E-state index contributed by atoms with van der Waals surface area (Å²) in [4.78, 5) is 0. The van der Waals surface area contributed by atoms with Gasteiger partial charge in [-0.3, -0.25) is 0 Å². The molecule has 1 heterocycles. The fourth-order valence-electron chi connectivity index (χ4n) is 1.42. The van der Waals surface area contributed by atoms with E-state index in [9.17, 15) is 10.2 Å². The molecular formula is C9H8Cl2O3. The highest BCUT2D eigenvalue weighted by atomic mass is 35.5. The molecule has 0 saturated heterocycles. The molecule has 3 nitrogen and oxygen atoms in total. The second-order valence-electron chi connectivity index (χ2n) is 3.13. The first-order valence-corrected chi connectivity index (χ1v) is 4.83. The Labute approximate surface area is 90.8 Å². The highest BCUT2D eigenvalue weighted by molar-refractivity contribution is 6.35. The minimum atomic E-state index is -0.991. The smallest absolute Gasteiger partial charge is 0.144 e. The maximum atomic E-state index is 9.63. The molecule has 0 unspecified atom stereocenters. The number of hydrogen-bond acceptors (Lipinski definition) is 3. The van der Waals surface area contributed by atoms with E-state index in [0.29, 0.717) is 21.4 Å². The standard InChI is InChI=1S/C9H8Cl2O3/c10-4-1-5-8(13)7(12)3-14-9(5)6(11)2-4/h1-2,7-8,12-13H,3H2/t7-,8+/m0/s1. The molecule has 0 bridgehead atoms. The molecule has 0 aromatic heterocycles. The van der Waals surface area contributed by atoms with Gasteiger partial charge in [-0.05, 0) is 12.1 Å². The molecule has 1 aromatic rings. The molecule has 14 heavy (non-hydrogen) atoms. The van der Waals surface area contributed by atoms with Crippen LogP contribution in [0.1, 0.15) is 11.7 Å². The van der Waals surface area contributed by atoms with Crippen molar-refractivity contribution in [2.24, 2.45) is 0 Å². The summed E-state index contributed by atoms with van der Waals surface area (Å²) >= 11 is 11.6. The van der Waals surface area contributed by atoms with E-state index in [4.69, 9.17) is 27.9 Å². The maximum Gasteiger partial charge on any atom is 0.144 e. The zero-order valence-electron chi connectivity index (χ0n) is 7.08. The van der Waals surface area contributed by atoms with Crippen molar-refractivity contribution in [2.45, 2.75) is 12.2 Å². The Balaban J connectivity index is 2.54. The third-order valence-corrected chi connectivity index (χ3v) is 2.62. The van der Waals surface area contributed by atoms with Gasteiger partial charge in [0.05, 0.1) is 5.02 Å². The van der Waals surface area contributed by atoms with E-state index in [0.717, 1.165) is 0 Å². The molecule has 2 atom stereocenters. The third kappa shape index (κ3) is 1.57. The van der Waals surface area contributed by atoms with E-state index in [1.54, 1.807) is 0 Å². The van der Waals surface area contributed by atoms with Crippen LogP contribution in [-0.4, -0.2) is 22.9 Å². The van der Waals surface area contributed by atoms with Crippen LogP contribution in [0, 0.1) is 0 Å². The zero-order valence-corrected chi connectivity index (χ0v) is 8.59. The van der Waals surface area contributed by atoms with Crippen LogP contribution in [0.25, 0.3) is 0 Å². The highest BCUT2D eigenvalue weighted by Gasteiger charge is 2.29. The summed E-state index contributed by atoms with van der Waals surface area (Å²) in [6.07, 6.45) is -1.92. The summed E-state index contributed by atoms with van der Waals surface area (Å²) < 4.78 is 5.19. The van der Waals surface area contributed by atoms with Crippen LogP contribution in [0.4, 0.5) is 0 Å². The molecule has 76 valence electrons. The van der Waals surface area contributed by atoms with Crippen molar-refractivity contribution in [2.75, 3.05) is 6.61 Å². The quantitative estimate of drug-likeness (QED) is 0.720. The molecule has 0 spiro atoms. The molecule has 0 radical (unpaired) electrons. The summed E-state index contributed by atoms with van der Waals surface area (Å²) in [7, 11) is 0. The lowest BCUT2D eigenvalue weighted by molar-refractivity contribution is -0.0255. The number of aliphatic hydroxyl groups is 2. The topological polar surface area (TPSA) is 49.7 Å². The molecular weight excluding hydrogens is 227 g/mol. The van der Waals surface area contributed by atoms with Crippen molar-refractivity contribution < 1.29 is 14.9 Å². The van der Waals surface area contributed by atoms with Gasteiger partial charge in [0.1, 0.15) is 24.6 Å². The Kier molecular flexibility index (Phi) is 2.58. The van der Waals surface area contributed by atoms with Crippen LogP contribution in [-0.2, 0) is 0 Å². The summed E-state index contributed by atoms with van der Waals surface area (Å²) in [6.45, 7) is 0.0372. The number of halogens is 2. The summed E-state index contributed by atoms with van der Waals surface area (Å²) in [5.41, 5.74) is 0.432. The number of aliphatic hydroxyl groups excluding tert-OH is 2. The second-order valence-corrected chi connectivity index (χ2v) is 3.97. The molecule has 0 aliphatic carbocycles. The van der Waals surface area contributed by atoms with Crippen molar-refractivity contribution in [3.63, 3.8) is 0 Å². The number of rotatable bonds is 0. The van der Waals surface area contributed by atoms with Crippen molar-refractivity contribution in [1.29, 1.82) is 0 Å². The van der Waals surface area contributed by atoms with Crippen LogP contribution in [0.15, 0.2) is 12.1 Å². The Morgan fingerprint density at radius 3 is 2.71 bits per heavy atom. The van der Waals surface area contributed by atoms with Gasteiger partial charge >= 0.3 is 0 Å². The number of hydrogen-bond donors (Lipinski definition) is 2. The lowest BCUT2D eigenvalue weighted by atomic mass is 10.0. The maximum absolute atomic E-state index is 9.63. The molecule has 1 aliphatic rings. The average Bonchev–Trinajstić information content (AvgIpc) is 2.12. The lowest BCUT2D eigenvalue weighted by Crippen LogP contribution is -2.30. The van der Waals surface area contributed by atoms with Crippen molar-refractivity contribution in [3.8, 4) is 5.75 Å². The Morgan fingerprint density at radius 2 is 2.00 bits per heavy atom. The minimum Gasteiger partial charge on any atom is -0.489 e. The Bertz CT molecular complexity index is 367. The van der Waals surface area contributed by atoms with Gasteiger partial charge in [-0.2, -0.15) is 0 Å². The summed E-state index contributed by atoms with van der Waals surface area (Å²) in [5, 5.41) is 19.7. The van der Waals surface area contributed by atoms with Crippen molar-refractivity contribution >= 4 is 23.2 Å². The van der Waals surface area contributed by atoms with Crippen LogP contribution in [0.5, 0.6) is 5.75 Å². The van der Waals surface area contributed by atoms with Gasteiger partial charge in [-0.15, -0.1) is 0 Å². The van der Waals surface area contributed by atoms with E-state index in [-0.39, 0.29) is 6.61 Å². The SMILES string of the molecule is O[C@@H]1c2cc(Cl)cc(Cl)c2OC[C@@H]1O. The monoisotopic (exact) mass is 234 g/mol. The molecule has 1 aromatic carbocycles. The summed E-state index contributed by atoms with van der Waals surface area (Å²) in [5.74, 6) is 0.397. The minimum absolute atomic E-state index is 0.0372. The van der Waals surface area contributed by atoms with Gasteiger partial charge in [-0.1, -0.05) is 23.2 Å². The molecule has 2 N–H and O–H groups in total. The van der Waals surface area contributed by atoms with Crippen molar-refractivity contribution in [3.05, 3.63) is 27.7 Å². The van der Waals surface area contributed by atoms with Gasteiger partial charge in [0.25, 0.3) is 0 Å². The lowest BCUT2D eigenvalue weighted by Gasteiger charge is -2.27. The van der Waals surface area contributed by atoms with E-state index in [1.165, 1.54) is 12.1 Å². The van der Waals surface area contributed by atoms with Gasteiger partial charge < -0.3 is 14.9 Å². The third-order valence-electron chi connectivity index (χ3n) is 2.12. The predicted molar refractivity (Wildman–Crippen MR) is 52.9 cm³/mol. The highest BCUT2D eigenvalue weighted by Crippen LogP contribution is 2.39. The van der Waals surface area contributed by atoms with Crippen molar-refractivity contribution in [1.82, 2.24) is 0 Å². The average molecular weight is 235 g/mol. The first-order valence-electron chi connectivity index (χ1n) is 4.07. The van der Waals surface area contributed by atoms with Gasteiger partial charge in [0.2, 0.25) is 0 Å². The van der Waals surface area contributed by atoms with E-state index in [1.807, 2.05) is 0 Å². The zero-order chi connectivity index (χ0) is 10.3. The molecule has 1 aliphatic heterocycles. The normalized spacial score (nSPS) is 25.4. The Hall–Kier alpha value is -0.480. The molecule has 5 heteroatoms. The number of fused-ring (bicyclic) bond motifs is 1. The molecule has 0 fully saturated rings. The second kappa shape index (κ2) is 3.59. The molecule has 0 saturated carbocycles. The Morgan fingerprint density at radius 1 is 1.29 bits per heavy atom. The van der Waals surface area contributed by atoms with E-state index < -0.39 is 12.2 Å². The molecule has 2 rings (SSSR count). The fraction of sp³-hybridized carbons (Fsp3) is 0.333. The largest absolute Gasteiger partial charge is 0.489 e. The number of ether oxygens (including phenoxy) is 1. The van der Waals surface area contributed by atoms with Gasteiger partial charge in [0.15, 0.2) is 0 Å². The fourth-order valence-corrected chi connectivity index (χ4v) is 1.98. The first-order chi connectivity index (χ1) is 6.59. The van der Waals surface area contributed by atoms with Crippen LogP contribution in [0.3, 0.4) is 0 Å². The molecule has 0 amide bonds. The number of benzene rings is 1. The van der Waals surface area contributed by atoms with Crippen LogP contribution < -0.4 is 4.74 Å². The van der Waals surface area contributed by atoms with E-state index >= 15 is 0 Å². The van der Waals surface area contributed by atoms with Crippen LogP contribution in [0.2, 0.25) is 10.0 Å². The van der Waals surface area contributed by atoms with Gasteiger partial charge in [-0.25, -0.2) is 0 Å². The first kappa shape index (κ1) is 10.1. The van der Waals surface area contributed by atoms with Gasteiger partial charge in [0, 0.05) is 10.6 Å². The predicted octanol–water partition coefficient (Wildman–Crippen LogP) is 1.78. The van der Waals surface area contributed by atoms with E-state index in [2.05, 4.69) is 0 Å². The van der Waals surface area contributed by atoms with Crippen LogP contribution >= 0.6 is 23.2 Å².